The molecule has 4 aromatic rings. The summed E-state index contributed by atoms with van der Waals surface area (Å²) in [6, 6.07) is 24.9. The topological polar surface area (TPSA) is 60.2 Å². The minimum Gasteiger partial charge on any atom is -0.502 e. The zero-order valence-electron chi connectivity index (χ0n) is 15.8. The third kappa shape index (κ3) is 2.96. The van der Waals surface area contributed by atoms with Crippen molar-refractivity contribution in [1.29, 1.82) is 0 Å². The molecule has 0 fully saturated rings. The summed E-state index contributed by atoms with van der Waals surface area (Å²) in [5.41, 5.74) is 3.04. The Hall–Kier alpha value is -3.44. The number of methoxy groups -OCH3 is 1. The Morgan fingerprint density at radius 1 is 0.929 bits per heavy atom. The van der Waals surface area contributed by atoms with Gasteiger partial charge in [0.25, 0.3) is 0 Å². The molecule has 5 nitrogen and oxygen atoms in total. The maximum atomic E-state index is 12.1. The van der Waals surface area contributed by atoms with E-state index in [1.54, 1.807) is 11.8 Å². The molecule has 0 saturated carbocycles. The largest absolute Gasteiger partial charge is 0.502 e. The summed E-state index contributed by atoms with van der Waals surface area (Å²) in [5, 5.41) is 20.7. The van der Waals surface area contributed by atoms with Crippen LogP contribution in [0.25, 0.3) is 16.7 Å². The van der Waals surface area contributed by atoms with E-state index < -0.39 is 5.60 Å². The first-order valence-electron chi connectivity index (χ1n) is 9.04. The molecule has 0 amide bonds. The molecule has 0 aliphatic rings. The van der Waals surface area contributed by atoms with Crippen molar-refractivity contribution in [3.63, 3.8) is 0 Å². The van der Waals surface area contributed by atoms with Crippen LogP contribution in [0, 0.1) is 6.92 Å². The third-order valence-corrected chi connectivity index (χ3v) is 4.84. The number of hydrogen-bond acceptors (Lipinski definition) is 4. The Bertz CT molecular complexity index is 1120. The Morgan fingerprint density at radius 3 is 2.29 bits per heavy atom. The lowest BCUT2D eigenvalue weighted by atomic mass is 9.83. The van der Waals surface area contributed by atoms with E-state index in [9.17, 15) is 5.11 Å². The molecule has 0 aliphatic heterocycles. The monoisotopic (exact) mass is 371 g/mol. The fourth-order valence-electron chi connectivity index (χ4n) is 3.38. The molecule has 0 aliphatic carbocycles. The Morgan fingerprint density at radius 2 is 1.57 bits per heavy atom. The highest BCUT2D eigenvalue weighted by atomic mass is 16.5. The summed E-state index contributed by atoms with van der Waals surface area (Å²) in [6.45, 7) is 2.02. The van der Waals surface area contributed by atoms with E-state index in [1.807, 2.05) is 85.8 Å². The summed E-state index contributed by atoms with van der Waals surface area (Å²) in [4.78, 5) is 0. The van der Waals surface area contributed by atoms with Gasteiger partial charge in [-0.3, -0.25) is 0 Å². The van der Waals surface area contributed by atoms with Crippen molar-refractivity contribution in [1.82, 2.24) is 15.0 Å². The molecule has 28 heavy (non-hydrogen) atoms. The van der Waals surface area contributed by atoms with Gasteiger partial charge in [0.05, 0.1) is 12.6 Å². The number of nitrogens with zero attached hydrogens (tertiary/aromatic N) is 3. The van der Waals surface area contributed by atoms with E-state index in [-0.39, 0.29) is 0 Å². The smallest absolute Gasteiger partial charge is 0.160 e. The Labute approximate surface area is 163 Å². The van der Waals surface area contributed by atoms with Gasteiger partial charge in [-0.05, 0) is 30.2 Å². The van der Waals surface area contributed by atoms with Gasteiger partial charge in [0.15, 0.2) is 5.60 Å². The maximum Gasteiger partial charge on any atom is 0.160 e. The van der Waals surface area contributed by atoms with E-state index in [4.69, 9.17) is 4.74 Å². The summed E-state index contributed by atoms with van der Waals surface area (Å²) >= 11 is 0. The van der Waals surface area contributed by atoms with E-state index in [0.717, 1.165) is 16.6 Å². The van der Waals surface area contributed by atoms with Crippen LogP contribution in [0.2, 0.25) is 0 Å². The van der Waals surface area contributed by atoms with Crippen molar-refractivity contribution in [2.24, 2.45) is 0 Å². The summed E-state index contributed by atoms with van der Waals surface area (Å²) in [6.07, 6.45) is 1.52. The molecule has 1 heterocycles. The van der Waals surface area contributed by atoms with E-state index >= 15 is 0 Å². The van der Waals surface area contributed by atoms with Crippen LogP contribution in [0.3, 0.4) is 0 Å². The van der Waals surface area contributed by atoms with E-state index in [0.29, 0.717) is 16.8 Å². The van der Waals surface area contributed by atoms with Crippen LogP contribution in [0.15, 0.2) is 85.1 Å². The van der Waals surface area contributed by atoms with Gasteiger partial charge in [-0.1, -0.05) is 77.5 Å². The lowest BCUT2D eigenvalue weighted by molar-refractivity contribution is 0.134. The first kappa shape index (κ1) is 17.9. The standard InChI is InChI=1S/C23H21N3O2/c1-17-12-14-19(15-13-17)23(27,18-8-4-3-5-9-18)22(16-28-2)26-21-11-7-6-10-20(21)24-25-26/h3-16,27H,1-2H3/b22-16+. The van der Waals surface area contributed by atoms with Gasteiger partial charge in [-0.15, -0.1) is 5.10 Å². The molecule has 4 rings (SSSR count). The average molecular weight is 371 g/mol. The molecule has 1 aromatic heterocycles. The van der Waals surface area contributed by atoms with Gasteiger partial charge in [-0.2, -0.15) is 0 Å². The van der Waals surface area contributed by atoms with Crippen molar-refractivity contribution in [3.8, 4) is 0 Å². The molecule has 1 unspecified atom stereocenters. The van der Waals surface area contributed by atoms with Crippen molar-refractivity contribution >= 4 is 16.7 Å². The minimum absolute atomic E-state index is 0.457. The Balaban J connectivity index is 2.01. The summed E-state index contributed by atoms with van der Waals surface area (Å²) in [7, 11) is 1.56. The van der Waals surface area contributed by atoms with Crippen molar-refractivity contribution in [2.75, 3.05) is 7.11 Å². The number of benzene rings is 3. The summed E-state index contributed by atoms with van der Waals surface area (Å²) < 4.78 is 7.01. The number of rotatable bonds is 5. The molecule has 0 spiro atoms. The lowest BCUT2D eigenvalue weighted by Crippen LogP contribution is -2.32. The molecule has 1 N–H and O–H groups in total. The zero-order valence-corrected chi connectivity index (χ0v) is 15.8. The third-order valence-electron chi connectivity index (χ3n) is 4.84. The van der Waals surface area contributed by atoms with Gasteiger partial charge in [0.1, 0.15) is 17.5 Å². The molecule has 140 valence electrons. The number of fused-ring (bicyclic) bond motifs is 1. The Kier molecular flexibility index (Phi) is 4.67. The van der Waals surface area contributed by atoms with Crippen molar-refractivity contribution in [2.45, 2.75) is 12.5 Å². The number of ether oxygens (including phenoxy) is 1. The highest BCUT2D eigenvalue weighted by Gasteiger charge is 2.39. The maximum absolute atomic E-state index is 12.1. The van der Waals surface area contributed by atoms with Crippen LogP contribution in [0.5, 0.6) is 0 Å². The molecular formula is C23H21N3O2. The summed E-state index contributed by atoms with van der Waals surface area (Å²) in [5.74, 6) is 0. The number of aliphatic hydroxyl groups is 1. The predicted molar refractivity (Wildman–Crippen MR) is 109 cm³/mol. The molecule has 0 radical (unpaired) electrons. The first-order chi connectivity index (χ1) is 13.6. The normalized spacial score (nSPS) is 14.0. The number of para-hydroxylation sites is 1. The van der Waals surface area contributed by atoms with Crippen molar-refractivity contribution < 1.29 is 9.84 Å². The minimum atomic E-state index is -1.48. The van der Waals surface area contributed by atoms with Gasteiger partial charge in [0.2, 0.25) is 0 Å². The van der Waals surface area contributed by atoms with Gasteiger partial charge >= 0.3 is 0 Å². The van der Waals surface area contributed by atoms with Crippen LogP contribution >= 0.6 is 0 Å². The van der Waals surface area contributed by atoms with Crippen molar-refractivity contribution in [3.05, 3.63) is 102 Å². The fraction of sp³-hybridized carbons (Fsp3) is 0.130. The van der Waals surface area contributed by atoms with Crippen LogP contribution in [-0.4, -0.2) is 27.2 Å². The number of aryl methyl sites for hydroxylation is 1. The lowest BCUT2D eigenvalue weighted by Gasteiger charge is -2.31. The second-order valence-corrected chi connectivity index (χ2v) is 6.67. The van der Waals surface area contributed by atoms with Gasteiger partial charge in [-0.25, -0.2) is 4.68 Å². The second-order valence-electron chi connectivity index (χ2n) is 6.67. The molecule has 3 aromatic carbocycles. The number of aromatic nitrogens is 3. The fourth-order valence-corrected chi connectivity index (χ4v) is 3.38. The van der Waals surface area contributed by atoms with Crippen LogP contribution in [-0.2, 0) is 10.3 Å². The quantitative estimate of drug-likeness (QED) is 0.536. The second kappa shape index (κ2) is 7.29. The molecular weight excluding hydrogens is 350 g/mol. The van der Waals surface area contributed by atoms with Gasteiger partial charge in [0, 0.05) is 0 Å². The van der Waals surface area contributed by atoms with E-state index in [1.165, 1.54) is 6.26 Å². The number of hydrogen-bond donors (Lipinski definition) is 1. The zero-order chi connectivity index (χ0) is 19.6. The highest BCUT2D eigenvalue weighted by molar-refractivity contribution is 5.80. The SMILES string of the molecule is CO/C=C(/n1nnc2ccccc21)C(O)(c1ccccc1)c1ccc(C)cc1. The predicted octanol–water partition coefficient (Wildman–Crippen LogP) is 4.12. The van der Waals surface area contributed by atoms with Crippen LogP contribution < -0.4 is 0 Å². The van der Waals surface area contributed by atoms with Gasteiger partial charge < -0.3 is 9.84 Å². The molecule has 1 atom stereocenters. The first-order valence-corrected chi connectivity index (χ1v) is 9.04. The van der Waals surface area contributed by atoms with Crippen LogP contribution in [0.1, 0.15) is 16.7 Å². The van der Waals surface area contributed by atoms with Crippen LogP contribution in [0.4, 0.5) is 0 Å². The molecule has 0 bridgehead atoms. The highest BCUT2D eigenvalue weighted by Crippen LogP contribution is 2.40. The average Bonchev–Trinajstić information content (AvgIpc) is 3.16. The van der Waals surface area contributed by atoms with E-state index in [2.05, 4.69) is 10.3 Å². The molecule has 5 heteroatoms. The molecule has 0 saturated heterocycles.